The quantitative estimate of drug-likeness (QED) is 0.350. The number of rotatable bonds is 8. The number of aromatic nitrogens is 1. The topological polar surface area (TPSA) is 139 Å². The molecular formula is C33H44N4O6S2. The van der Waals surface area contributed by atoms with Gasteiger partial charge in [0.15, 0.2) is 5.76 Å². The van der Waals surface area contributed by atoms with Crippen LogP contribution in [0.4, 0.5) is 0 Å². The number of likely N-dealkylation sites (tertiary alicyclic amines) is 1. The van der Waals surface area contributed by atoms with Crippen molar-refractivity contribution in [2.24, 2.45) is 11.3 Å². The Morgan fingerprint density at radius 2 is 1.69 bits per heavy atom. The second-order valence-electron chi connectivity index (χ2n) is 14.3. The molecule has 12 heteroatoms. The molecular weight excluding hydrogens is 613 g/mol. The highest BCUT2D eigenvalue weighted by molar-refractivity contribution is 7.91. The van der Waals surface area contributed by atoms with Crippen LogP contribution in [0.3, 0.4) is 0 Å². The van der Waals surface area contributed by atoms with E-state index in [-0.39, 0.29) is 27.7 Å². The minimum Gasteiger partial charge on any atom is -0.432 e. The van der Waals surface area contributed by atoms with Gasteiger partial charge in [-0.1, -0.05) is 56.4 Å². The molecule has 244 valence electrons. The Kier molecular flexibility index (Phi) is 8.64. The van der Waals surface area contributed by atoms with Crippen LogP contribution in [0.5, 0.6) is 0 Å². The lowest BCUT2D eigenvalue weighted by Gasteiger charge is -2.52. The number of carbonyl (C=O) groups is 1. The van der Waals surface area contributed by atoms with Crippen LogP contribution in [0, 0.1) is 11.3 Å². The normalized spacial score (nSPS) is 20.7. The van der Waals surface area contributed by atoms with Gasteiger partial charge in [0.1, 0.15) is 9.84 Å². The van der Waals surface area contributed by atoms with Gasteiger partial charge in [-0.2, -0.15) is 0 Å². The van der Waals surface area contributed by atoms with Gasteiger partial charge in [0.05, 0.1) is 28.8 Å². The highest BCUT2D eigenvalue weighted by atomic mass is 32.2. The molecule has 10 nitrogen and oxygen atoms in total. The molecule has 1 amide bonds. The number of benzene rings is 2. The molecule has 3 heterocycles. The summed E-state index contributed by atoms with van der Waals surface area (Å²) in [5.74, 6) is 1.01. The molecule has 45 heavy (non-hydrogen) atoms. The predicted molar refractivity (Wildman–Crippen MR) is 174 cm³/mol. The van der Waals surface area contributed by atoms with E-state index < -0.39 is 31.3 Å². The summed E-state index contributed by atoms with van der Waals surface area (Å²) in [6.45, 7) is 7.28. The van der Waals surface area contributed by atoms with Gasteiger partial charge in [-0.05, 0) is 68.9 Å². The molecule has 6 rings (SSSR count). The van der Waals surface area contributed by atoms with E-state index in [1.54, 1.807) is 18.2 Å². The minimum atomic E-state index is -3.81. The molecule has 3 fully saturated rings. The summed E-state index contributed by atoms with van der Waals surface area (Å²) >= 11 is 0. The van der Waals surface area contributed by atoms with Crippen LogP contribution < -0.4 is 10.0 Å². The lowest BCUT2D eigenvalue weighted by molar-refractivity contribution is -0.0118. The molecule has 1 aromatic heterocycles. The molecule has 0 radical (unpaired) electrons. The number of sulfone groups is 1. The lowest BCUT2D eigenvalue weighted by atomic mass is 9.75. The van der Waals surface area contributed by atoms with Gasteiger partial charge in [-0.3, -0.25) is 9.69 Å². The van der Waals surface area contributed by atoms with Crippen LogP contribution in [0.25, 0.3) is 22.1 Å². The van der Waals surface area contributed by atoms with Gasteiger partial charge in [-0.15, -0.1) is 0 Å². The van der Waals surface area contributed by atoms with Gasteiger partial charge < -0.3 is 9.73 Å². The standard InChI is InChI=1S/C33H44N4O6S2/c1-32(2,3)36-45(41,42)28-14-13-26(24-11-7-8-12-25(24)28)29-27(19-23-9-5-4-6-10-23)35-31(43-29)30(38)34-22-37-20-33(21-37)15-17-44(39,40)18-16-33/h7-8,11-14,23,36H,4-6,9-10,15-22H2,1-3H3,(H,34,38). The zero-order valence-electron chi connectivity index (χ0n) is 26.4. The van der Waals surface area contributed by atoms with Crippen molar-refractivity contribution < 1.29 is 26.0 Å². The van der Waals surface area contributed by atoms with Crippen LogP contribution in [-0.4, -0.2) is 69.4 Å². The molecule has 1 spiro atoms. The van der Waals surface area contributed by atoms with E-state index in [9.17, 15) is 21.6 Å². The highest BCUT2D eigenvalue weighted by Crippen LogP contribution is 2.41. The second-order valence-corrected chi connectivity index (χ2v) is 18.3. The zero-order valence-corrected chi connectivity index (χ0v) is 28.0. The van der Waals surface area contributed by atoms with Gasteiger partial charge in [-0.25, -0.2) is 26.5 Å². The average Bonchev–Trinajstić information content (AvgIpc) is 3.37. The maximum absolute atomic E-state index is 13.4. The number of hydrogen-bond acceptors (Lipinski definition) is 8. The molecule has 2 saturated heterocycles. The van der Waals surface area contributed by atoms with Crippen molar-refractivity contribution in [2.45, 2.75) is 82.6 Å². The fraction of sp³-hybridized carbons (Fsp3) is 0.576. The summed E-state index contributed by atoms with van der Waals surface area (Å²) in [5, 5.41) is 4.23. The first-order chi connectivity index (χ1) is 21.2. The third kappa shape index (κ3) is 7.13. The van der Waals surface area contributed by atoms with Crippen molar-refractivity contribution in [3.05, 3.63) is 48.0 Å². The first-order valence-electron chi connectivity index (χ1n) is 16.0. The largest absolute Gasteiger partial charge is 0.432 e. The van der Waals surface area contributed by atoms with E-state index in [4.69, 9.17) is 9.40 Å². The van der Waals surface area contributed by atoms with E-state index in [0.717, 1.165) is 25.9 Å². The molecule has 2 N–H and O–H groups in total. The Labute approximate surface area is 266 Å². The monoisotopic (exact) mass is 656 g/mol. The fourth-order valence-electron chi connectivity index (χ4n) is 7.18. The Morgan fingerprint density at radius 1 is 1.02 bits per heavy atom. The van der Waals surface area contributed by atoms with Crippen molar-refractivity contribution >= 4 is 36.5 Å². The number of sulfonamides is 1. The Hall–Kier alpha value is -2.80. The van der Waals surface area contributed by atoms with Crippen LogP contribution >= 0.6 is 0 Å². The van der Waals surface area contributed by atoms with Crippen molar-refractivity contribution in [3.8, 4) is 11.3 Å². The van der Waals surface area contributed by atoms with E-state index in [0.29, 0.717) is 59.6 Å². The Morgan fingerprint density at radius 3 is 2.36 bits per heavy atom. The summed E-state index contributed by atoms with van der Waals surface area (Å²) < 4.78 is 59.5. The first kappa shape index (κ1) is 32.2. The molecule has 1 aliphatic carbocycles. The summed E-state index contributed by atoms with van der Waals surface area (Å²) in [6, 6.07) is 10.7. The molecule has 0 bridgehead atoms. The summed E-state index contributed by atoms with van der Waals surface area (Å²) in [4.78, 5) is 20.4. The molecule has 3 aromatic rings. The maximum Gasteiger partial charge on any atom is 0.308 e. The number of fused-ring (bicyclic) bond motifs is 1. The number of nitrogens with one attached hydrogen (secondary N) is 2. The maximum atomic E-state index is 13.4. The SMILES string of the molecule is CC(C)(C)NS(=O)(=O)c1ccc(-c2oc(C(=O)NCN3CC4(CCS(=O)(=O)CC4)C3)nc2CC2CCCCC2)c2ccccc12. The van der Waals surface area contributed by atoms with Crippen molar-refractivity contribution in [2.75, 3.05) is 31.3 Å². The van der Waals surface area contributed by atoms with E-state index >= 15 is 0 Å². The third-order valence-corrected chi connectivity index (χ3v) is 12.9. The summed E-state index contributed by atoms with van der Waals surface area (Å²) in [5.41, 5.74) is 0.802. The van der Waals surface area contributed by atoms with Crippen molar-refractivity contribution in [3.63, 3.8) is 0 Å². The number of oxazole rings is 1. The Bertz CT molecular complexity index is 1780. The second kappa shape index (κ2) is 12.1. The predicted octanol–water partition coefficient (Wildman–Crippen LogP) is 4.89. The number of amides is 1. The molecule has 1 saturated carbocycles. The van der Waals surface area contributed by atoms with Gasteiger partial charge >= 0.3 is 5.91 Å². The molecule has 2 aromatic carbocycles. The van der Waals surface area contributed by atoms with E-state index in [2.05, 4.69) is 14.9 Å². The highest BCUT2D eigenvalue weighted by Gasteiger charge is 2.46. The van der Waals surface area contributed by atoms with Crippen LogP contribution in [-0.2, 0) is 26.3 Å². The first-order valence-corrected chi connectivity index (χ1v) is 19.3. The summed E-state index contributed by atoms with van der Waals surface area (Å²) in [6.07, 6.45) is 7.80. The fourth-order valence-corrected chi connectivity index (χ4v) is 10.5. The smallest absolute Gasteiger partial charge is 0.308 e. The van der Waals surface area contributed by atoms with E-state index in [1.807, 2.05) is 39.0 Å². The lowest BCUT2D eigenvalue weighted by Crippen LogP contribution is -2.61. The van der Waals surface area contributed by atoms with Crippen molar-refractivity contribution in [1.29, 1.82) is 0 Å². The van der Waals surface area contributed by atoms with Gasteiger partial charge in [0.25, 0.3) is 5.89 Å². The van der Waals surface area contributed by atoms with Crippen molar-refractivity contribution in [1.82, 2.24) is 19.9 Å². The molecule has 3 aliphatic rings. The third-order valence-electron chi connectivity index (χ3n) is 9.43. The number of hydrogen-bond donors (Lipinski definition) is 2. The molecule has 0 unspecified atom stereocenters. The number of nitrogens with zero attached hydrogens (tertiary/aromatic N) is 2. The van der Waals surface area contributed by atoms with Crippen LogP contribution in [0.1, 0.15) is 82.1 Å². The number of carbonyl (C=O) groups excluding carboxylic acids is 1. The zero-order chi connectivity index (χ0) is 32.0. The minimum absolute atomic E-state index is 0.00927. The van der Waals surface area contributed by atoms with Gasteiger partial charge in [0, 0.05) is 29.6 Å². The van der Waals surface area contributed by atoms with E-state index in [1.165, 1.54) is 19.3 Å². The molecule has 2 aliphatic heterocycles. The average molecular weight is 657 g/mol. The molecule has 0 atom stereocenters. The van der Waals surface area contributed by atoms with Crippen LogP contribution in [0.15, 0.2) is 45.7 Å². The van der Waals surface area contributed by atoms with Gasteiger partial charge in [0.2, 0.25) is 10.0 Å². The van der Waals surface area contributed by atoms with Crippen LogP contribution in [0.2, 0.25) is 0 Å². The Balaban J connectivity index is 1.26. The summed E-state index contributed by atoms with van der Waals surface area (Å²) in [7, 11) is -6.73.